The predicted octanol–water partition coefficient (Wildman–Crippen LogP) is 5.82. The molecular formula is C19H17N3OS3. The van der Waals surface area contributed by atoms with Gasteiger partial charge < -0.3 is 4.42 Å². The van der Waals surface area contributed by atoms with Crippen molar-refractivity contribution in [3.8, 4) is 10.8 Å². The molecule has 0 aliphatic heterocycles. The molecule has 0 fully saturated rings. The Kier molecular flexibility index (Phi) is 4.30. The van der Waals surface area contributed by atoms with Crippen molar-refractivity contribution in [2.75, 3.05) is 0 Å². The molecule has 26 heavy (non-hydrogen) atoms. The minimum atomic E-state index is 0.610. The standard InChI is InChI=1S/C19H17N3OS3/c1-11-6-7-14-12(8-11)9-16(25-14)18-21-22-19(23-18)24-10-17-20-13-4-2-3-5-15(13)26-17/h2-5,9,11H,6-8,10H2,1H3/t11-/m0/s1. The first-order chi connectivity index (χ1) is 12.7. The van der Waals surface area contributed by atoms with Crippen LogP contribution in [-0.4, -0.2) is 15.2 Å². The molecule has 0 spiro atoms. The van der Waals surface area contributed by atoms with Crippen molar-refractivity contribution in [2.45, 2.75) is 37.2 Å². The number of thiazole rings is 1. The quantitative estimate of drug-likeness (QED) is 0.404. The highest BCUT2D eigenvalue weighted by atomic mass is 32.2. The van der Waals surface area contributed by atoms with Crippen LogP contribution >= 0.6 is 34.4 Å². The second-order valence-electron chi connectivity index (χ2n) is 6.64. The first kappa shape index (κ1) is 16.5. The van der Waals surface area contributed by atoms with Crippen molar-refractivity contribution in [1.82, 2.24) is 15.2 Å². The second-order valence-corrected chi connectivity index (χ2v) is 9.82. The molecule has 0 unspecified atom stereocenters. The number of nitrogens with zero attached hydrogens (tertiary/aromatic N) is 3. The average Bonchev–Trinajstić information content (AvgIpc) is 3.36. The molecule has 1 aliphatic rings. The number of rotatable bonds is 4. The molecule has 0 amide bonds. The van der Waals surface area contributed by atoms with Gasteiger partial charge in [-0.3, -0.25) is 0 Å². The summed E-state index contributed by atoms with van der Waals surface area (Å²) in [5.74, 6) is 2.16. The van der Waals surface area contributed by atoms with Gasteiger partial charge in [-0.1, -0.05) is 30.8 Å². The van der Waals surface area contributed by atoms with Crippen LogP contribution in [0.25, 0.3) is 21.0 Å². The highest BCUT2D eigenvalue weighted by molar-refractivity contribution is 7.98. The Hall–Kier alpha value is -1.70. The SMILES string of the molecule is C[C@H]1CCc2sc(-c3nnc(SCc4nc5ccccc5s4)o3)cc2C1. The van der Waals surface area contributed by atoms with E-state index < -0.39 is 0 Å². The van der Waals surface area contributed by atoms with Crippen molar-refractivity contribution in [3.63, 3.8) is 0 Å². The topological polar surface area (TPSA) is 51.8 Å². The van der Waals surface area contributed by atoms with Gasteiger partial charge in [-0.25, -0.2) is 4.98 Å². The molecule has 4 nitrogen and oxygen atoms in total. The summed E-state index contributed by atoms with van der Waals surface area (Å²) in [6.07, 6.45) is 3.62. The number of fused-ring (bicyclic) bond motifs is 2. The van der Waals surface area contributed by atoms with Crippen LogP contribution in [0.15, 0.2) is 40.0 Å². The van der Waals surface area contributed by atoms with Crippen LogP contribution in [0.4, 0.5) is 0 Å². The highest BCUT2D eigenvalue weighted by Crippen LogP contribution is 2.37. The second kappa shape index (κ2) is 6.79. The summed E-state index contributed by atoms with van der Waals surface area (Å²) >= 11 is 5.08. The molecule has 132 valence electrons. The van der Waals surface area contributed by atoms with E-state index in [-0.39, 0.29) is 0 Å². The molecule has 1 aliphatic carbocycles. The van der Waals surface area contributed by atoms with Crippen LogP contribution in [-0.2, 0) is 18.6 Å². The molecule has 0 bridgehead atoms. The lowest BCUT2D eigenvalue weighted by atomic mass is 9.90. The van der Waals surface area contributed by atoms with Crippen molar-refractivity contribution < 1.29 is 4.42 Å². The summed E-state index contributed by atoms with van der Waals surface area (Å²) in [6, 6.07) is 10.5. The minimum Gasteiger partial charge on any atom is -0.410 e. The monoisotopic (exact) mass is 399 g/mol. The molecular weight excluding hydrogens is 382 g/mol. The normalized spacial score (nSPS) is 16.9. The number of aryl methyl sites for hydroxylation is 1. The molecule has 7 heteroatoms. The smallest absolute Gasteiger partial charge is 0.277 e. The Morgan fingerprint density at radius 1 is 1.23 bits per heavy atom. The zero-order valence-electron chi connectivity index (χ0n) is 14.3. The van der Waals surface area contributed by atoms with Crippen LogP contribution in [0, 0.1) is 5.92 Å². The molecule has 0 saturated heterocycles. The van der Waals surface area contributed by atoms with E-state index in [4.69, 9.17) is 4.42 Å². The Morgan fingerprint density at radius 2 is 2.15 bits per heavy atom. The summed E-state index contributed by atoms with van der Waals surface area (Å²) in [4.78, 5) is 7.24. The number of para-hydroxylation sites is 1. The van der Waals surface area contributed by atoms with E-state index in [1.54, 1.807) is 34.4 Å². The number of thioether (sulfide) groups is 1. The third-order valence-electron chi connectivity index (χ3n) is 4.60. The summed E-state index contributed by atoms with van der Waals surface area (Å²) in [5, 5.41) is 10.2. The summed E-state index contributed by atoms with van der Waals surface area (Å²) < 4.78 is 7.11. The maximum absolute atomic E-state index is 5.90. The van der Waals surface area contributed by atoms with E-state index in [1.807, 2.05) is 18.2 Å². The number of hydrogen-bond donors (Lipinski definition) is 0. The molecule has 0 radical (unpaired) electrons. The van der Waals surface area contributed by atoms with Crippen LogP contribution in [0.5, 0.6) is 0 Å². The van der Waals surface area contributed by atoms with Gasteiger partial charge in [-0.2, -0.15) is 0 Å². The fourth-order valence-electron chi connectivity index (χ4n) is 3.28. The third kappa shape index (κ3) is 3.19. The lowest BCUT2D eigenvalue weighted by Gasteiger charge is -2.16. The molecule has 0 saturated carbocycles. The van der Waals surface area contributed by atoms with E-state index in [0.29, 0.717) is 11.1 Å². The van der Waals surface area contributed by atoms with Crippen molar-refractivity contribution >= 4 is 44.7 Å². The molecule has 3 aromatic heterocycles. The Balaban J connectivity index is 1.31. The van der Waals surface area contributed by atoms with Crippen LogP contribution in [0.1, 0.15) is 28.8 Å². The fraction of sp³-hybridized carbons (Fsp3) is 0.316. The molecule has 5 rings (SSSR count). The van der Waals surface area contributed by atoms with Crippen LogP contribution in [0.2, 0.25) is 0 Å². The van der Waals surface area contributed by atoms with Crippen molar-refractivity contribution in [2.24, 2.45) is 5.92 Å². The Morgan fingerprint density at radius 3 is 3.08 bits per heavy atom. The number of aromatic nitrogens is 3. The first-order valence-electron chi connectivity index (χ1n) is 8.67. The fourth-order valence-corrected chi connectivity index (χ4v) is 6.14. The van der Waals surface area contributed by atoms with Gasteiger partial charge >= 0.3 is 0 Å². The summed E-state index contributed by atoms with van der Waals surface area (Å²) in [5.41, 5.74) is 2.52. The number of benzene rings is 1. The van der Waals surface area contributed by atoms with Gasteiger partial charge in [-0.15, -0.1) is 32.9 Å². The summed E-state index contributed by atoms with van der Waals surface area (Å²) in [6.45, 7) is 2.32. The largest absolute Gasteiger partial charge is 0.410 e. The van der Waals surface area contributed by atoms with E-state index in [0.717, 1.165) is 27.1 Å². The van der Waals surface area contributed by atoms with E-state index in [1.165, 1.54) is 34.4 Å². The Bertz CT molecular complexity index is 1030. The van der Waals surface area contributed by atoms with Gasteiger partial charge in [0.25, 0.3) is 11.1 Å². The van der Waals surface area contributed by atoms with Gasteiger partial charge in [0.2, 0.25) is 0 Å². The third-order valence-corrected chi connectivity index (χ3v) is 7.88. The minimum absolute atomic E-state index is 0.610. The molecule has 3 heterocycles. The molecule has 0 N–H and O–H groups in total. The zero-order chi connectivity index (χ0) is 17.5. The van der Waals surface area contributed by atoms with Crippen LogP contribution in [0.3, 0.4) is 0 Å². The van der Waals surface area contributed by atoms with Gasteiger partial charge in [0.15, 0.2) is 0 Å². The van der Waals surface area contributed by atoms with Crippen molar-refractivity contribution in [1.29, 1.82) is 0 Å². The highest BCUT2D eigenvalue weighted by Gasteiger charge is 2.21. The number of thiophene rings is 1. The van der Waals surface area contributed by atoms with Crippen molar-refractivity contribution in [3.05, 3.63) is 45.8 Å². The molecule has 1 aromatic carbocycles. The van der Waals surface area contributed by atoms with Gasteiger partial charge in [0, 0.05) is 4.88 Å². The van der Waals surface area contributed by atoms with Gasteiger partial charge in [0.1, 0.15) is 5.01 Å². The number of hydrogen-bond acceptors (Lipinski definition) is 7. The van der Waals surface area contributed by atoms with E-state index in [2.05, 4.69) is 34.2 Å². The van der Waals surface area contributed by atoms with E-state index >= 15 is 0 Å². The average molecular weight is 400 g/mol. The predicted molar refractivity (Wildman–Crippen MR) is 108 cm³/mol. The van der Waals surface area contributed by atoms with Gasteiger partial charge in [-0.05, 0) is 48.9 Å². The lowest BCUT2D eigenvalue weighted by molar-refractivity contribution is 0.466. The molecule has 1 atom stereocenters. The molecule has 4 aromatic rings. The zero-order valence-corrected chi connectivity index (χ0v) is 16.7. The maximum atomic E-state index is 5.90. The van der Waals surface area contributed by atoms with Gasteiger partial charge in [0.05, 0.1) is 20.8 Å². The first-order valence-corrected chi connectivity index (χ1v) is 11.3. The Labute approximate surface area is 163 Å². The maximum Gasteiger partial charge on any atom is 0.277 e. The lowest BCUT2D eigenvalue weighted by Crippen LogP contribution is -2.07. The van der Waals surface area contributed by atoms with Crippen LogP contribution < -0.4 is 0 Å². The van der Waals surface area contributed by atoms with E-state index in [9.17, 15) is 0 Å². The summed E-state index contributed by atoms with van der Waals surface area (Å²) in [7, 11) is 0.